The molecule has 0 aliphatic heterocycles. The van der Waals surface area contributed by atoms with Gasteiger partial charge in [-0.15, -0.1) is 0 Å². The smallest absolute Gasteiger partial charge is 0.110 e. The molecule has 0 amide bonds. The van der Waals surface area contributed by atoms with Crippen molar-refractivity contribution in [3.63, 3.8) is 0 Å². The van der Waals surface area contributed by atoms with Crippen molar-refractivity contribution in [2.24, 2.45) is 0 Å². The maximum absolute atomic E-state index is 8.94. The van der Waals surface area contributed by atoms with Crippen molar-refractivity contribution in [2.75, 3.05) is 6.61 Å². The molecule has 0 saturated carbocycles. The second-order valence-corrected chi connectivity index (χ2v) is 2.47. The van der Waals surface area contributed by atoms with Gasteiger partial charge in [0.15, 0.2) is 0 Å². The van der Waals surface area contributed by atoms with E-state index >= 15 is 0 Å². The average Bonchev–Trinajstić information content (AvgIpc) is 2.17. The topological polar surface area (TPSA) is 101 Å². The third-order valence-corrected chi connectivity index (χ3v) is 1.43. The quantitative estimate of drug-likeness (QED) is 0.375. The highest BCUT2D eigenvalue weighted by molar-refractivity contribution is 4.77. The maximum Gasteiger partial charge on any atom is 0.110 e. The Morgan fingerprint density at radius 3 is 1.54 bits per heavy atom. The highest BCUT2D eigenvalue weighted by Crippen LogP contribution is 2.03. The van der Waals surface area contributed by atoms with Gasteiger partial charge in [0.25, 0.3) is 0 Å². The van der Waals surface area contributed by atoms with E-state index < -0.39 is 31.0 Å². The fourth-order valence-electron chi connectivity index (χ4n) is 0.621. The summed E-state index contributed by atoms with van der Waals surface area (Å²) in [7, 11) is 0. The summed E-state index contributed by atoms with van der Waals surface area (Å²) in [4.78, 5) is 0. The van der Waals surface area contributed by atoms with Gasteiger partial charge >= 0.3 is 0 Å². The number of hydrogen-bond donors (Lipinski definition) is 5. The number of rotatable bonds is 4. The first-order valence-corrected chi connectivity index (χ1v) is 4.33. The van der Waals surface area contributed by atoms with Gasteiger partial charge in [-0.25, -0.2) is 0 Å². The normalized spacial score (nSPS) is 19.4. The summed E-state index contributed by atoms with van der Waals surface area (Å²) in [5.74, 6) is 0. The molecule has 4 atom stereocenters. The Labute approximate surface area is 78.3 Å². The average molecular weight is 196 g/mol. The summed E-state index contributed by atoms with van der Waals surface area (Å²) in [6, 6.07) is 0. The van der Waals surface area contributed by atoms with Crippen LogP contribution in [0.5, 0.6) is 0 Å². The van der Waals surface area contributed by atoms with E-state index in [1.54, 1.807) is 0 Å². The fraction of sp³-hybridized carbons (Fsp3) is 1.00. The van der Waals surface area contributed by atoms with Gasteiger partial charge in [0.05, 0.1) is 12.7 Å². The summed E-state index contributed by atoms with van der Waals surface area (Å²) >= 11 is 0. The molecule has 0 aliphatic rings. The van der Waals surface area contributed by atoms with Crippen LogP contribution >= 0.6 is 0 Å². The molecule has 0 aromatic heterocycles. The molecule has 0 aromatic carbocycles. The first-order chi connectivity index (χ1) is 6.00. The van der Waals surface area contributed by atoms with Crippen LogP contribution in [-0.2, 0) is 0 Å². The van der Waals surface area contributed by atoms with Crippen molar-refractivity contribution < 1.29 is 25.5 Å². The molecule has 0 rings (SSSR count). The Morgan fingerprint density at radius 1 is 0.923 bits per heavy atom. The lowest BCUT2D eigenvalue weighted by atomic mass is 10.1. The van der Waals surface area contributed by atoms with E-state index in [0.717, 1.165) is 0 Å². The van der Waals surface area contributed by atoms with Crippen molar-refractivity contribution in [3.05, 3.63) is 0 Å². The highest BCUT2D eigenvalue weighted by atomic mass is 16.4. The minimum absolute atomic E-state index is 0.648. The zero-order valence-electron chi connectivity index (χ0n) is 8.25. The predicted octanol–water partition coefficient (Wildman–Crippen LogP) is -1.53. The van der Waals surface area contributed by atoms with E-state index in [4.69, 9.17) is 25.5 Å². The molecule has 0 radical (unpaired) electrons. The van der Waals surface area contributed by atoms with Crippen molar-refractivity contribution in [3.8, 4) is 0 Å². The molecule has 0 aliphatic carbocycles. The van der Waals surface area contributed by atoms with Crippen LogP contribution in [0.15, 0.2) is 0 Å². The summed E-state index contributed by atoms with van der Waals surface area (Å²) < 4.78 is 0. The Kier molecular flexibility index (Phi) is 9.87. The maximum atomic E-state index is 8.94. The molecule has 5 N–H and O–H groups in total. The zero-order chi connectivity index (χ0) is 11.0. The van der Waals surface area contributed by atoms with Crippen LogP contribution in [0.3, 0.4) is 0 Å². The molecular weight excluding hydrogens is 176 g/mol. The van der Waals surface area contributed by atoms with Gasteiger partial charge < -0.3 is 25.5 Å². The van der Waals surface area contributed by atoms with Crippen LogP contribution in [0.1, 0.15) is 20.8 Å². The minimum atomic E-state index is -1.51. The third-order valence-electron chi connectivity index (χ3n) is 1.43. The standard InChI is InChI=1S/C6H14O5.C2H6/c1-3(8)5(10)6(11)4(9)2-7;1-2/h3-11H,2H2,1H3;1-2H3. The second kappa shape index (κ2) is 8.40. The lowest BCUT2D eigenvalue weighted by molar-refractivity contribution is -0.110. The van der Waals surface area contributed by atoms with Gasteiger partial charge in [0.2, 0.25) is 0 Å². The molecule has 0 aromatic rings. The van der Waals surface area contributed by atoms with Crippen LogP contribution in [0.25, 0.3) is 0 Å². The van der Waals surface area contributed by atoms with Crippen molar-refractivity contribution in [1.82, 2.24) is 0 Å². The molecular formula is C8H20O5. The first kappa shape index (κ1) is 15.3. The third kappa shape index (κ3) is 5.95. The molecule has 13 heavy (non-hydrogen) atoms. The molecule has 4 unspecified atom stereocenters. The lowest BCUT2D eigenvalue weighted by Crippen LogP contribution is -2.44. The van der Waals surface area contributed by atoms with Crippen LogP contribution < -0.4 is 0 Å². The monoisotopic (exact) mass is 196 g/mol. The van der Waals surface area contributed by atoms with E-state index in [0.29, 0.717) is 0 Å². The van der Waals surface area contributed by atoms with Crippen molar-refractivity contribution in [1.29, 1.82) is 0 Å². The molecule has 82 valence electrons. The SMILES string of the molecule is CC.CC(O)C(O)C(O)C(O)CO. The summed E-state index contributed by atoms with van der Waals surface area (Å²) in [6.45, 7) is 4.63. The van der Waals surface area contributed by atoms with Gasteiger partial charge in [-0.2, -0.15) is 0 Å². The van der Waals surface area contributed by atoms with Gasteiger partial charge in [-0.1, -0.05) is 13.8 Å². The van der Waals surface area contributed by atoms with E-state index in [1.165, 1.54) is 6.92 Å². The lowest BCUT2D eigenvalue weighted by Gasteiger charge is -2.23. The summed E-state index contributed by atoms with van der Waals surface area (Å²) in [5.41, 5.74) is 0. The van der Waals surface area contributed by atoms with Gasteiger partial charge in [-0.05, 0) is 6.92 Å². The minimum Gasteiger partial charge on any atom is -0.394 e. The van der Waals surface area contributed by atoms with Crippen molar-refractivity contribution >= 4 is 0 Å². The number of aliphatic hydroxyl groups excluding tert-OH is 5. The van der Waals surface area contributed by atoms with E-state index in [2.05, 4.69) is 0 Å². The molecule has 0 bridgehead atoms. The predicted molar refractivity (Wildman–Crippen MR) is 48.1 cm³/mol. The van der Waals surface area contributed by atoms with E-state index in [-0.39, 0.29) is 0 Å². The first-order valence-electron chi connectivity index (χ1n) is 4.33. The van der Waals surface area contributed by atoms with Gasteiger partial charge in [0, 0.05) is 0 Å². The van der Waals surface area contributed by atoms with E-state index in [9.17, 15) is 0 Å². The van der Waals surface area contributed by atoms with Crippen LogP contribution in [0.2, 0.25) is 0 Å². The molecule has 0 heterocycles. The Bertz CT molecular complexity index is 107. The van der Waals surface area contributed by atoms with E-state index in [1.807, 2.05) is 13.8 Å². The molecule has 5 nitrogen and oxygen atoms in total. The Balaban J connectivity index is 0. The zero-order valence-corrected chi connectivity index (χ0v) is 8.25. The Hall–Kier alpha value is -0.200. The highest BCUT2D eigenvalue weighted by Gasteiger charge is 2.27. The van der Waals surface area contributed by atoms with Crippen LogP contribution in [0.4, 0.5) is 0 Å². The van der Waals surface area contributed by atoms with Crippen LogP contribution in [0, 0.1) is 0 Å². The van der Waals surface area contributed by atoms with Crippen molar-refractivity contribution in [2.45, 2.75) is 45.2 Å². The molecule has 5 heteroatoms. The second-order valence-electron chi connectivity index (χ2n) is 2.47. The largest absolute Gasteiger partial charge is 0.394 e. The summed E-state index contributed by atoms with van der Waals surface area (Å²) in [5, 5.41) is 43.7. The van der Waals surface area contributed by atoms with Crippen LogP contribution in [-0.4, -0.2) is 56.6 Å². The Morgan fingerprint density at radius 2 is 1.31 bits per heavy atom. The molecule has 0 spiro atoms. The van der Waals surface area contributed by atoms with Gasteiger partial charge in [0.1, 0.15) is 18.3 Å². The number of aliphatic hydroxyl groups is 5. The number of hydrogen-bond acceptors (Lipinski definition) is 5. The molecule has 0 saturated heterocycles. The fourth-order valence-corrected chi connectivity index (χ4v) is 0.621. The summed E-state index contributed by atoms with van der Waals surface area (Å²) in [6.07, 6.45) is -5.50. The molecule has 0 fully saturated rings. The van der Waals surface area contributed by atoms with Gasteiger partial charge in [-0.3, -0.25) is 0 Å².